The molecule has 0 radical (unpaired) electrons. The summed E-state index contributed by atoms with van der Waals surface area (Å²) in [5, 5.41) is 8.85. The van der Waals surface area contributed by atoms with E-state index < -0.39 is 0 Å². The lowest BCUT2D eigenvalue weighted by Crippen LogP contribution is -1.97. The predicted molar refractivity (Wildman–Crippen MR) is 74.7 cm³/mol. The summed E-state index contributed by atoms with van der Waals surface area (Å²) >= 11 is 11.8. The molecular weight excluding hydrogens is 287 g/mol. The van der Waals surface area contributed by atoms with E-state index in [9.17, 15) is 0 Å². The average molecular weight is 299 g/mol. The maximum absolute atomic E-state index is 6.03. The van der Waals surface area contributed by atoms with Crippen LogP contribution >= 0.6 is 23.2 Å². The number of halogens is 2. The van der Waals surface area contributed by atoms with Gasteiger partial charge in [0.1, 0.15) is 12.4 Å². The molecule has 19 heavy (non-hydrogen) atoms. The second-order valence-electron chi connectivity index (χ2n) is 3.98. The van der Waals surface area contributed by atoms with Crippen molar-refractivity contribution in [1.82, 2.24) is 5.16 Å². The van der Waals surface area contributed by atoms with Gasteiger partial charge < -0.3 is 9.36 Å². The van der Waals surface area contributed by atoms with Gasteiger partial charge in [-0.2, -0.15) is 0 Å². The molecule has 0 atom stereocenters. The van der Waals surface area contributed by atoms with Gasteiger partial charge in [0.15, 0.2) is 0 Å². The summed E-state index contributed by atoms with van der Waals surface area (Å²) in [6, 6.07) is 5.23. The minimum absolute atomic E-state index is 0.275. The second-order valence-corrected chi connectivity index (χ2v) is 4.83. The number of nitrogens with zero attached hydrogens (tertiary/aromatic N) is 2. The van der Waals surface area contributed by atoms with Crippen molar-refractivity contribution in [2.75, 3.05) is 0 Å². The number of aryl methyl sites for hydroxylation is 1. The Morgan fingerprint density at radius 3 is 2.84 bits per heavy atom. The van der Waals surface area contributed by atoms with Gasteiger partial charge in [0.05, 0.1) is 17.5 Å². The molecule has 0 aliphatic carbocycles. The van der Waals surface area contributed by atoms with Crippen LogP contribution in [0.5, 0.6) is 0 Å². The van der Waals surface area contributed by atoms with Crippen LogP contribution in [-0.4, -0.2) is 10.9 Å². The molecule has 0 unspecified atom stereocenters. The highest BCUT2D eigenvalue weighted by atomic mass is 35.5. The molecule has 0 saturated carbocycles. The first-order chi connectivity index (χ1) is 9.08. The number of oxime groups is 1. The molecule has 0 spiro atoms. The third kappa shape index (κ3) is 3.49. The first kappa shape index (κ1) is 13.9. The minimum Gasteiger partial charge on any atom is -0.391 e. The van der Waals surface area contributed by atoms with E-state index in [1.165, 1.54) is 0 Å². The second kappa shape index (κ2) is 6.08. The number of hydrogen-bond donors (Lipinski definition) is 0. The normalized spacial score (nSPS) is 11.7. The van der Waals surface area contributed by atoms with Crippen molar-refractivity contribution in [3.63, 3.8) is 0 Å². The summed E-state index contributed by atoms with van der Waals surface area (Å²) < 4.78 is 4.96. The topological polar surface area (TPSA) is 47.6 Å². The van der Waals surface area contributed by atoms with Gasteiger partial charge in [0, 0.05) is 15.6 Å². The van der Waals surface area contributed by atoms with Crippen molar-refractivity contribution in [3.8, 4) is 0 Å². The van der Waals surface area contributed by atoms with E-state index in [4.69, 9.17) is 32.6 Å². The summed E-state index contributed by atoms with van der Waals surface area (Å²) in [5.41, 5.74) is 2.34. The van der Waals surface area contributed by atoms with Gasteiger partial charge in [-0.15, -0.1) is 0 Å². The summed E-state index contributed by atoms with van der Waals surface area (Å²) in [7, 11) is 0. The third-order valence-corrected chi connectivity index (χ3v) is 3.16. The summed E-state index contributed by atoms with van der Waals surface area (Å²) in [6.45, 7) is 3.91. The van der Waals surface area contributed by atoms with Crippen LogP contribution in [0.2, 0.25) is 10.0 Å². The van der Waals surface area contributed by atoms with Crippen molar-refractivity contribution in [2.45, 2.75) is 20.5 Å². The fourth-order valence-electron chi connectivity index (χ4n) is 1.53. The minimum atomic E-state index is 0.275. The third-order valence-electron chi connectivity index (χ3n) is 2.58. The standard InChI is InChI=1S/C13H12Cl2N2O2/c1-8(12-6-16-19-9(12)2)17-18-7-10-3-4-11(14)5-13(10)15/h3-6H,7H2,1-2H3/b17-8+. The Labute approximate surface area is 120 Å². The first-order valence-electron chi connectivity index (χ1n) is 5.60. The van der Waals surface area contributed by atoms with Crippen molar-refractivity contribution in [2.24, 2.45) is 5.16 Å². The molecular formula is C13H12Cl2N2O2. The van der Waals surface area contributed by atoms with Crippen LogP contribution in [0.3, 0.4) is 0 Å². The van der Waals surface area contributed by atoms with Gasteiger partial charge in [0.2, 0.25) is 0 Å². The zero-order valence-electron chi connectivity index (χ0n) is 10.5. The van der Waals surface area contributed by atoms with Gasteiger partial charge in [-0.1, -0.05) is 39.6 Å². The van der Waals surface area contributed by atoms with Crippen molar-refractivity contribution < 1.29 is 9.36 Å². The Morgan fingerprint density at radius 1 is 1.42 bits per heavy atom. The van der Waals surface area contributed by atoms with Crippen LogP contribution in [0.25, 0.3) is 0 Å². The fourth-order valence-corrected chi connectivity index (χ4v) is 2.00. The Kier molecular flexibility index (Phi) is 4.45. The number of aromatic nitrogens is 1. The van der Waals surface area contributed by atoms with Gasteiger partial charge in [-0.3, -0.25) is 0 Å². The van der Waals surface area contributed by atoms with Crippen LogP contribution in [-0.2, 0) is 11.4 Å². The lowest BCUT2D eigenvalue weighted by Gasteiger charge is -2.04. The molecule has 0 saturated heterocycles. The molecule has 0 aliphatic heterocycles. The van der Waals surface area contributed by atoms with Crippen LogP contribution in [0, 0.1) is 6.92 Å². The van der Waals surface area contributed by atoms with E-state index >= 15 is 0 Å². The summed E-state index contributed by atoms with van der Waals surface area (Å²) in [6.07, 6.45) is 1.60. The molecule has 1 aromatic heterocycles. The van der Waals surface area contributed by atoms with E-state index in [1.54, 1.807) is 24.4 Å². The fraction of sp³-hybridized carbons (Fsp3) is 0.231. The highest BCUT2D eigenvalue weighted by molar-refractivity contribution is 6.35. The molecule has 0 fully saturated rings. The smallest absolute Gasteiger partial charge is 0.143 e. The quantitative estimate of drug-likeness (QED) is 0.627. The first-order valence-corrected chi connectivity index (χ1v) is 6.35. The van der Waals surface area contributed by atoms with E-state index in [0.29, 0.717) is 21.5 Å². The molecule has 6 heteroatoms. The Balaban J connectivity index is 2.01. The zero-order valence-corrected chi connectivity index (χ0v) is 12.0. The van der Waals surface area contributed by atoms with Gasteiger partial charge >= 0.3 is 0 Å². The van der Waals surface area contributed by atoms with Gasteiger partial charge in [-0.05, 0) is 26.0 Å². The van der Waals surface area contributed by atoms with Gasteiger partial charge in [0.25, 0.3) is 0 Å². The molecule has 0 amide bonds. The molecule has 2 rings (SSSR count). The monoisotopic (exact) mass is 298 g/mol. The van der Waals surface area contributed by atoms with Gasteiger partial charge in [-0.25, -0.2) is 0 Å². The maximum Gasteiger partial charge on any atom is 0.143 e. The van der Waals surface area contributed by atoms with Crippen LogP contribution in [0.1, 0.15) is 23.8 Å². The zero-order chi connectivity index (χ0) is 13.8. The average Bonchev–Trinajstić information content (AvgIpc) is 2.78. The van der Waals surface area contributed by atoms with Crippen LogP contribution in [0.4, 0.5) is 0 Å². The molecule has 1 heterocycles. The predicted octanol–water partition coefficient (Wildman–Crippen LogP) is 4.23. The molecule has 4 nitrogen and oxygen atoms in total. The van der Waals surface area contributed by atoms with E-state index in [-0.39, 0.29) is 6.61 Å². The Morgan fingerprint density at radius 2 is 2.21 bits per heavy atom. The molecule has 100 valence electrons. The SMILES string of the molecule is C/C(=N\OCc1ccc(Cl)cc1Cl)c1cnoc1C. The highest BCUT2D eigenvalue weighted by Gasteiger charge is 2.07. The Hall–Kier alpha value is -1.52. The molecule has 0 bridgehead atoms. The van der Waals surface area contributed by atoms with Crippen molar-refractivity contribution in [1.29, 1.82) is 0 Å². The number of rotatable bonds is 4. The van der Waals surface area contributed by atoms with E-state index in [1.807, 2.05) is 13.8 Å². The lowest BCUT2D eigenvalue weighted by molar-refractivity contribution is 0.130. The largest absolute Gasteiger partial charge is 0.391 e. The highest BCUT2D eigenvalue weighted by Crippen LogP contribution is 2.21. The lowest BCUT2D eigenvalue weighted by atomic mass is 10.2. The maximum atomic E-state index is 6.03. The molecule has 2 aromatic rings. The molecule has 1 aromatic carbocycles. The summed E-state index contributed by atoms with van der Waals surface area (Å²) in [4.78, 5) is 5.27. The van der Waals surface area contributed by atoms with E-state index in [0.717, 1.165) is 11.1 Å². The van der Waals surface area contributed by atoms with Crippen LogP contribution in [0.15, 0.2) is 34.1 Å². The molecule has 0 aliphatic rings. The molecule has 0 N–H and O–H groups in total. The van der Waals surface area contributed by atoms with Crippen LogP contribution < -0.4 is 0 Å². The number of hydrogen-bond acceptors (Lipinski definition) is 4. The summed E-state index contributed by atoms with van der Waals surface area (Å²) in [5.74, 6) is 0.703. The number of benzene rings is 1. The van der Waals surface area contributed by atoms with Crippen molar-refractivity contribution >= 4 is 28.9 Å². The van der Waals surface area contributed by atoms with E-state index in [2.05, 4.69) is 10.3 Å². The Bertz CT molecular complexity index is 608. The van der Waals surface area contributed by atoms with Crippen molar-refractivity contribution in [3.05, 3.63) is 51.3 Å².